The van der Waals surface area contributed by atoms with E-state index < -0.39 is 37.0 Å². The summed E-state index contributed by atoms with van der Waals surface area (Å²) in [5.41, 5.74) is 7.28. The average Bonchev–Trinajstić information content (AvgIpc) is 3.58. The lowest BCUT2D eigenvalue weighted by molar-refractivity contribution is -0.871. The van der Waals surface area contributed by atoms with E-state index in [1.807, 2.05) is 30.3 Å². The molecule has 6 rings (SSSR count). The van der Waals surface area contributed by atoms with Gasteiger partial charge in [-0.15, -0.1) is 0 Å². The summed E-state index contributed by atoms with van der Waals surface area (Å²) in [4.78, 5) is 13.6. The predicted molar refractivity (Wildman–Crippen MR) is 264 cm³/mol. The normalized spacial score (nSPS) is 18.7. The van der Waals surface area contributed by atoms with Crippen LogP contribution in [-0.2, 0) is 46.5 Å². The maximum atomic E-state index is 12.9. The van der Waals surface area contributed by atoms with Crippen molar-refractivity contribution in [2.75, 3.05) is 80.5 Å². The quantitative estimate of drug-likeness (QED) is 0.0518. The van der Waals surface area contributed by atoms with Crippen molar-refractivity contribution in [2.45, 2.75) is 93.3 Å². The monoisotopic (exact) mass is 959 g/mol. The van der Waals surface area contributed by atoms with Gasteiger partial charge in [0.25, 0.3) is 20.2 Å². The molecule has 0 saturated carbocycles. The first-order valence-corrected chi connectivity index (χ1v) is 25.9. The molecule has 3 aliphatic rings. The van der Waals surface area contributed by atoms with Gasteiger partial charge in [-0.25, -0.2) is 0 Å². The van der Waals surface area contributed by atoms with Crippen molar-refractivity contribution in [3.05, 3.63) is 124 Å². The van der Waals surface area contributed by atoms with E-state index in [0.717, 1.165) is 117 Å². The number of nitrogens with zero attached hydrogens (tertiary/aromatic N) is 4. The summed E-state index contributed by atoms with van der Waals surface area (Å²) in [6.07, 6.45) is 13.1. The first kappa shape index (κ1) is 51.5. The van der Waals surface area contributed by atoms with E-state index in [4.69, 9.17) is 8.92 Å². The number of allylic oxidation sites excluding steroid dienone is 7. The lowest BCUT2D eigenvalue weighted by Crippen LogP contribution is -2.37. The maximum absolute atomic E-state index is 12.9. The molecule has 0 radical (unpaired) electrons. The summed E-state index contributed by atoms with van der Waals surface area (Å²) in [7, 11) is 5.82. The summed E-state index contributed by atoms with van der Waals surface area (Å²) in [5.74, 6) is 0.477. The topological polar surface area (TPSA) is 151 Å². The fraction of sp³-hybridized carbons (Fsp3) is 0.462. The van der Waals surface area contributed by atoms with Crippen LogP contribution in [0.3, 0.4) is 0 Å². The minimum atomic E-state index is -4.43. The molecule has 0 amide bonds. The number of aryl methyl sites for hydroxylation is 1. The number of ether oxygens (including phenoxy) is 1. The van der Waals surface area contributed by atoms with Gasteiger partial charge in [-0.05, 0) is 116 Å². The highest BCUT2D eigenvalue weighted by Crippen LogP contribution is 2.49. The molecular weight excluding hydrogens is 889 g/mol. The average molecular weight is 960 g/mol. The Kier molecular flexibility index (Phi) is 15.1. The maximum Gasteiger partial charge on any atom is 0.303 e. The zero-order chi connectivity index (χ0) is 49.3. The van der Waals surface area contributed by atoms with Crippen LogP contribution in [0.1, 0.15) is 82.9 Å². The van der Waals surface area contributed by atoms with E-state index >= 15 is 0 Å². The highest BCUT2D eigenvalue weighted by atomic mass is 32.2. The van der Waals surface area contributed by atoms with Gasteiger partial charge in [-0.3, -0.25) is 13.5 Å². The second kappa shape index (κ2) is 19.6. The number of carboxylic acids is 1. The lowest BCUT2D eigenvalue weighted by atomic mass is 9.81. The Bertz CT molecular complexity index is 2770. The van der Waals surface area contributed by atoms with Crippen molar-refractivity contribution < 1.29 is 53.8 Å². The first-order valence-electron chi connectivity index (χ1n) is 23.0. The Hall–Kier alpha value is -4.90. The van der Waals surface area contributed by atoms with Crippen molar-refractivity contribution in [3.8, 4) is 5.75 Å². The van der Waals surface area contributed by atoms with Gasteiger partial charge in [0.2, 0.25) is 5.69 Å². The molecular formula is C52H71N4O9S2+3. The Morgan fingerprint density at radius 2 is 1.45 bits per heavy atom. The Morgan fingerprint density at radius 1 is 0.806 bits per heavy atom. The van der Waals surface area contributed by atoms with Crippen LogP contribution < -0.4 is 9.64 Å². The van der Waals surface area contributed by atoms with Gasteiger partial charge in [-0.2, -0.15) is 21.4 Å². The third-order valence-electron chi connectivity index (χ3n) is 13.1. The number of hydrogen-bond acceptors (Lipinski definition) is 8. The van der Waals surface area contributed by atoms with Gasteiger partial charge in [0.15, 0.2) is 12.3 Å². The molecule has 0 saturated heterocycles. The molecule has 2 heterocycles. The second-order valence-electron chi connectivity index (χ2n) is 21.1. The van der Waals surface area contributed by atoms with E-state index in [-0.39, 0.29) is 16.2 Å². The molecule has 67 heavy (non-hydrogen) atoms. The summed E-state index contributed by atoms with van der Waals surface area (Å²) < 4.78 is 76.2. The van der Waals surface area contributed by atoms with Crippen molar-refractivity contribution >= 4 is 43.3 Å². The number of anilines is 1. The SMILES string of the molecule is COS(=O)(=O)c1ccc2c(c1)C(C)(C)C(=CC=C1CCCC(C=CC3=[N+](CCC[N+](C)(C)C)c4ccc(S(=O)(=O)O)cc4C3(C)C)=C1Oc1ccc(CCC(=O)O)cc1)N2CCC[N+](C)(C)C. The molecule has 0 unspecified atom stereocenters. The molecule has 0 aromatic heterocycles. The van der Waals surface area contributed by atoms with Crippen LogP contribution in [0.5, 0.6) is 5.75 Å². The summed E-state index contributed by atoms with van der Waals surface area (Å²) >= 11 is 0. The van der Waals surface area contributed by atoms with E-state index in [1.54, 1.807) is 24.3 Å². The highest BCUT2D eigenvalue weighted by Gasteiger charge is 2.45. The van der Waals surface area contributed by atoms with Gasteiger partial charge in [0.05, 0.1) is 84.1 Å². The zero-order valence-electron chi connectivity index (χ0n) is 41.2. The molecule has 0 atom stereocenters. The fourth-order valence-electron chi connectivity index (χ4n) is 9.41. The van der Waals surface area contributed by atoms with E-state index in [9.17, 15) is 31.3 Å². The van der Waals surface area contributed by atoms with Gasteiger partial charge in [-0.1, -0.05) is 32.1 Å². The fourth-order valence-corrected chi connectivity index (χ4v) is 10.6. The molecule has 0 fully saturated rings. The number of hydrogen-bond donors (Lipinski definition) is 2. The van der Waals surface area contributed by atoms with E-state index in [1.165, 1.54) is 13.2 Å². The predicted octanol–water partition coefficient (Wildman–Crippen LogP) is 8.54. The number of carboxylic acid groups (broad SMARTS) is 1. The third-order valence-corrected chi connectivity index (χ3v) is 15.2. The molecule has 362 valence electrons. The zero-order valence-corrected chi connectivity index (χ0v) is 42.9. The van der Waals surface area contributed by atoms with Crippen LogP contribution in [0.2, 0.25) is 0 Å². The van der Waals surface area contributed by atoms with Crippen LogP contribution in [0, 0.1) is 0 Å². The Balaban J connectivity index is 1.49. The Labute approximate surface area is 399 Å². The van der Waals surface area contributed by atoms with E-state index in [2.05, 4.69) is 104 Å². The number of rotatable bonds is 19. The molecule has 2 aliphatic heterocycles. The van der Waals surface area contributed by atoms with Crippen molar-refractivity contribution in [1.82, 2.24) is 0 Å². The van der Waals surface area contributed by atoms with Crippen LogP contribution in [-0.4, -0.2) is 127 Å². The van der Waals surface area contributed by atoms with Gasteiger partial charge >= 0.3 is 5.97 Å². The highest BCUT2D eigenvalue weighted by molar-refractivity contribution is 7.86. The molecule has 0 spiro atoms. The van der Waals surface area contributed by atoms with Gasteiger partial charge < -0.3 is 23.7 Å². The van der Waals surface area contributed by atoms with Gasteiger partial charge in [0, 0.05) is 53.9 Å². The minimum absolute atomic E-state index is 0.0282. The van der Waals surface area contributed by atoms with Crippen molar-refractivity contribution in [2.24, 2.45) is 0 Å². The minimum Gasteiger partial charge on any atom is -0.481 e. The third kappa shape index (κ3) is 12.0. The summed E-state index contributed by atoms with van der Waals surface area (Å²) in [6, 6.07) is 17.6. The molecule has 3 aromatic rings. The van der Waals surface area contributed by atoms with Crippen LogP contribution >= 0.6 is 0 Å². The first-order chi connectivity index (χ1) is 31.1. The van der Waals surface area contributed by atoms with Crippen LogP contribution in [0.25, 0.3) is 0 Å². The molecule has 1 aliphatic carbocycles. The second-order valence-corrected chi connectivity index (χ2v) is 24.2. The molecule has 13 nitrogen and oxygen atoms in total. The van der Waals surface area contributed by atoms with Crippen molar-refractivity contribution in [3.63, 3.8) is 0 Å². The van der Waals surface area contributed by atoms with Crippen LogP contribution in [0.15, 0.2) is 117 Å². The molecule has 15 heteroatoms. The standard InChI is InChI=1S/C52H69N4O9S2/c1-51(2)43-35-41(66(59,60)61)24-26-45(43)53(31-13-33-55(5,6)7)47(51)28-20-38-15-12-16-39(50(38)65-40-22-17-37(18-23-40)19-30-49(57)58)21-29-48-52(3,4)44-36-42(67(62,63)64-11)25-27-46(44)54(48)32-14-34-56(8,9)10/h17-18,20-29,35-36H,12-16,19,30-34H2,1-11H3/q+1/p+2. The number of fused-ring (bicyclic) bond motifs is 2. The number of carbonyl (C=O) groups is 1. The number of benzene rings is 3. The number of aliphatic carboxylic acids is 1. The van der Waals surface area contributed by atoms with E-state index in [0.29, 0.717) is 18.7 Å². The molecule has 3 aromatic carbocycles. The molecule has 2 N–H and O–H groups in total. The number of quaternary nitrogens is 2. The van der Waals surface area contributed by atoms with Gasteiger partial charge in [0.1, 0.15) is 11.5 Å². The van der Waals surface area contributed by atoms with Crippen molar-refractivity contribution in [1.29, 1.82) is 0 Å². The summed E-state index contributed by atoms with van der Waals surface area (Å²) in [5, 5.41) is 9.29. The largest absolute Gasteiger partial charge is 0.481 e. The smallest absolute Gasteiger partial charge is 0.303 e. The summed E-state index contributed by atoms with van der Waals surface area (Å²) in [6.45, 7) is 11.7. The lowest BCUT2D eigenvalue weighted by Gasteiger charge is -2.29. The molecule has 0 bridgehead atoms. The Morgan fingerprint density at radius 3 is 2.07 bits per heavy atom. The van der Waals surface area contributed by atoms with Crippen LogP contribution in [0.4, 0.5) is 11.4 Å².